The third-order valence-corrected chi connectivity index (χ3v) is 3.78. The standard InChI is InChI=1S/C12H19N5S/c1-4-17-12(14-8-15-17)6-10(13-3)5-11-7-18-9(2)16-11/h7-8,10,13H,4-6H2,1-3H3. The topological polar surface area (TPSA) is 55.6 Å². The predicted octanol–water partition coefficient (Wildman–Crippen LogP) is 1.44. The monoisotopic (exact) mass is 265 g/mol. The van der Waals surface area contributed by atoms with Gasteiger partial charge >= 0.3 is 0 Å². The van der Waals surface area contributed by atoms with E-state index in [2.05, 4.69) is 32.7 Å². The number of nitrogens with one attached hydrogen (secondary N) is 1. The summed E-state index contributed by atoms with van der Waals surface area (Å²) in [4.78, 5) is 8.82. The van der Waals surface area contributed by atoms with E-state index in [0.717, 1.165) is 35.9 Å². The number of nitrogens with zero attached hydrogens (tertiary/aromatic N) is 4. The largest absolute Gasteiger partial charge is 0.316 e. The average molecular weight is 265 g/mol. The molecule has 18 heavy (non-hydrogen) atoms. The highest BCUT2D eigenvalue weighted by atomic mass is 32.1. The van der Waals surface area contributed by atoms with Gasteiger partial charge in [0.2, 0.25) is 0 Å². The summed E-state index contributed by atoms with van der Waals surface area (Å²) in [5.74, 6) is 1.03. The van der Waals surface area contributed by atoms with Crippen LogP contribution in [0.4, 0.5) is 0 Å². The van der Waals surface area contributed by atoms with E-state index in [1.54, 1.807) is 17.7 Å². The van der Waals surface area contributed by atoms with E-state index >= 15 is 0 Å². The van der Waals surface area contributed by atoms with Crippen molar-refractivity contribution in [2.24, 2.45) is 0 Å². The molecule has 0 bridgehead atoms. The van der Waals surface area contributed by atoms with Gasteiger partial charge in [0.05, 0.1) is 10.7 Å². The maximum atomic E-state index is 4.51. The van der Waals surface area contributed by atoms with Gasteiger partial charge in [0.1, 0.15) is 12.2 Å². The zero-order valence-corrected chi connectivity index (χ0v) is 11.9. The molecule has 0 fully saturated rings. The number of likely N-dealkylation sites (N-methyl/N-ethyl adjacent to an activating group) is 1. The van der Waals surface area contributed by atoms with E-state index in [0.29, 0.717) is 6.04 Å². The van der Waals surface area contributed by atoms with Crippen molar-refractivity contribution in [1.29, 1.82) is 0 Å². The highest BCUT2D eigenvalue weighted by Gasteiger charge is 2.13. The lowest BCUT2D eigenvalue weighted by Crippen LogP contribution is -2.31. The molecule has 0 aliphatic rings. The number of hydrogen-bond donors (Lipinski definition) is 1. The first-order chi connectivity index (χ1) is 8.72. The van der Waals surface area contributed by atoms with Crippen LogP contribution in [-0.2, 0) is 19.4 Å². The minimum Gasteiger partial charge on any atom is -0.316 e. The van der Waals surface area contributed by atoms with Gasteiger partial charge in [-0.25, -0.2) is 9.97 Å². The molecule has 0 radical (unpaired) electrons. The number of aryl methyl sites for hydroxylation is 2. The van der Waals surface area contributed by atoms with Gasteiger partial charge in [0.25, 0.3) is 0 Å². The Morgan fingerprint density at radius 1 is 1.44 bits per heavy atom. The van der Waals surface area contributed by atoms with Crippen molar-refractivity contribution >= 4 is 11.3 Å². The first kappa shape index (κ1) is 13.2. The van der Waals surface area contributed by atoms with E-state index in [1.807, 2.05) is 18.7 Å². The molecule has 1 atom stereocenters. The number of aromatic nitrogens is 4. The molecule has 0 aromatic carbocycles. The Morgan fingerprint density at radius 2 is 2.28 bits per heavy atom. The van der Waals surface area contributed by atoms with Crippen LogP contribution in [0.3, 0.4) is 0 Å². The smallest absolute Gasteiger partial charge is 0.138 e. The molecular formula is C12H19N5S. The van der Waals surface area contributed by atoms with Gasteiger partial charge < -0.3 is 5.32 Å². The highest BCUT2D eigenvalue weighted by molar-refractivity contribution is 7.09. The van der Waals surface area contributed by atoms with Gasteiger partial charge in [0, 0.05) is 30.8 Å². The van der Waals surface area contributed by atoms with Crippen LogP contribution in [0.5, 0.6) is 0 Å². The Labute approximate surface area is 111 Å². The zero-order chi connectivity index (χ0) is 13.0. The average Bonchev–Trinajstić information content (AvgIpc) is 2.97. The highest BCUT2D eigenvalue weighted by Crippen LogP contribution is 2.11. The summed E-state index contributed by atoms with van der Waals surface area (Å²) in [6.45, 7) is 4.98. The molecule has 1 N–H and O–H groups in total. The SMILES string of the molecule is CCn1ncnc1CC(Cc1csc(C)n1)NC. The summed E-state index contributed by atoms with van der Waals surface area (Å²) in [6, 6.07) is 0.348. The zero-order valence-electron chi connectivity index (χ0n) is 11.1. The maximum absolute atomic E-state index is 4.51. The molecule has 6 heteroatoms. The second kappa shape index (κ2) is 6.06. The lowest BCUT2D eigenvalue weighted by molar-refractivity contribution is 0.510. The van der Waals surface area contributed by atoms with E-state index < -0.39 is 0 Å². The van der Waals surface area contributed by atoms with Gasteiger partial charge in [-0.3, -0.25) is 4.68 Å². The molecule has 1 unspecified atom stereocenters. The summed E-state index contributed by atoms with van der Waals surface area (Å²) in [6.07, 6.45) is 3.43. The van der Waals surface area contributed by atoms with Crippen LogP contribution < -0.4 is 5.32 Å². The lowest BCUT2D eigenvalue weighted by atomic mass is 10.1. The number of thiazole rings is 1. The van der Waals surface area contributed by atoms with Crippen LogP contribution in [0, 0.1) is 6.92 Å². The molecule has 2 aromatic heterocycles. The van der Waals surface area contributed by atoms with E-state index in [-0.39, 0.29) is 0 Å². The molecule has 5 nitrogen and oxygen atoms in total. The third kappa shape index (κ3) is 3.14. The van der Waals surface area contributed by atoms with Crippen molar-refractivity contribution in [2.45, 2.75) is 39.3 Å². The number of rotatable bonds is 6. The second-order valence-electron chi connectivity index (χ2n) is 4.24. The molecule has 0 spiro atoms. The van der Waals surface area contributed by atoms with Crippen LogP contribution >= 0.6 is 11.3 Å². The first-order valence-electron chi connectivity index (χ1n) is 6.17. The maximum Gasteiger partial charge on any atom is 0.138 e. The minimum absolute atomic E-state index is 0.348. The van der Waals surface area contributed by atoms with E-state index in [4.69, 9.17) is 0 Å². The Bertz CT molecular complexity index is 490. The fraction of sp³-hybridized carbons (Fsp3) is 0.583. The van der Waals surface area contributed by atoms with Crippen molar-refractivity contribution in [3.05, 3.63) is 28.2 Å². The van der Waals surface area contributed by atoms with Gasteiger partial charge in [-0.05, 0) is 20.9 Å². The van der Waals surface area contributed by atoms with Crippen molar-refractivity contribution in [2.75, 3.05) is 7.05 Å². The molecule has 0 aliphatic carbocycles. The molecular weight excluding hydrogens is 246 g/mol. The van der Waals surface area contributed by atoms with Crippen molar-refractivity contribution < 1.29 is 0 Å². The molecule has 0 saturated heterocycles. The normalized spacial score (nSPS) is 12.8. The van der Waals surface area contributed by atoms with Crippen molar-refractivity contribution in [1.82, 2.24) is 25.1 Å². The molecule has 2 aromatic rings. The van der Waals surface area contributed by atoms with Crippen LogP contribution in [0.2, 0.25) is 0 Å². The minimum atomic E-state index is 0.348. The summed E-state index contributed by atoms with van der Waals surface area (Å²) in [7, 11) is 1.98. The second-order valence-corrected chi connectivity index (χ2v) is 5.31. The van der Waals surface area contributed by atoms with E-state index in [1.165, 1.54) is 0 Å². The predicted molar refractivity (Wildman–Crippen MR) is 72.8 cm³/mol. The molecule has 0 amide bonds. The Morgan fingerprint density at radius 3 is 2.89 bits per heavy atom. The Hall–Kier alpha value is -1.27. The number of hydrogen-bond acceptors (Lipinski definition) is 5. The quantitative estimate of drug-likeness (QED) is 0.858. The fourth-order valence-corrected chi connectivity index (χ4v) is 2.59. The lowest BCUT2D eigenvalue weighted by Gasteiger charge is -2.14. The summed E-state index contributed by atoms with van der Waals surface area (Å²) < 4.78 is 1.94. The van der Waals surface area contributed by atoms with Crippen LogP contribution in [0.25, 0.3) is 0 Å². The molecule has 2 heterocycles. The Kier molecular flexibility index (Phi) is 4.43. The van der Waals surface area contributed by atoms with Gasteiger partial charge in [0.15, 0.2) is 0 Å². The van der Waals surface area contributed by atoms with Gasteiger partial charge in [-0.15, -0.1) is 11.3 Å². The summed E-state index contributed by atoms with van der Waals surface area (Å²) in [5.41, 5.74) is 1.15. The molecule has 0 aliphatic heterocycles. The molecule has 2 rings (SSSR count). The summed E-state index contributed by atoms with van der Waals surface area (Å²) in [5, 5.41) is 10.8. The first-order valence-corrected chi connectivity index (χ1v) is 7.05. The molecule has 0 saturated carbocycles. The van der Waals surface area contributed by atoms with Crippen LogP contribution in [-0.4, -0.2) is 32.8 Å². The van der Waals surface area contributed by atoms with Crippen LogP contribution in [0.15, 0.2) is 11.7 Å². The Balaban J connectivity index is 2.01. The van der Waals surface area contributed by atoms with Gasteiger partial charge in [-0.2, -0.15) is 5.10 Å². The van der Waals surface area contributed by atoms with Crippen LogP contribution in [0.1, 0.15) is 23.4 Å². The van der Waals surface area contributed by atoms with Gasteiger partial charge in [-0.1, -0.05) is 0 Å². The van der Waals surface area contributed by atoms with E-state index in [9.17, 15) is 0 Å². The van der Waals surface area contributed by atoms with Crippen molar-refractivity contribution in [3.8, 4) is 0 Å². The third-order valence-electron chi connectivity index (χ3n) is 2.95. The molecule has 98 valence electrons. The summed E-state index contributed by atoms with van der Waals surface area (Å²) >= 11 is 1.70. The fourth-order valence-electron chi connectivity index (χ4n) is 1.96. The van der Waals surface area contributed by atoms with Crippen molar-refractivity contribution in [3.63, 3.8) is 0 Å².